The van der Waals surface area contributed by atoms with Gasteiger partial charge >= 0.3 is 0 Å². The predicted molar refractivity (Wildman–Crippen MR) is 130 cm³/mol. The fourth-order valence-corrected chi connectivity index (χ4v) is 5.06. The molecule has 3 aromatic heterocycles. The molecule has 5 rings (SSSR count). The first kappa shape index (κ1) is 22.0. The number of aryl methyl sites for hydroxylation is 1. The van der Waals surface area contributed by atoms with E-state index in [0.29, 0.717) is 11.7 Å². The first-order valence-electron chi connectivity index (χ1n) is 12.0. The summed E-state index contributed by atoms with van der Waals surface area (Å²) in [7, 11) is 4.09. The summed E-state index contributed by atoms with van der Waals surface area (Å²) in [6.07, 6.45) is 11.5. The topological polar surface area (TPSA) is 79.2 Å². The minimum atomic E-state index is 0.0751. The van der Waals surface area contributed by atoms with Crippen LogP contribution < -0.4 is 5.32 Å². The molecule has 8 nitrogen and oxygen atoms in total. The van der Waals surface area contributed by atoms with Crippen molar-refractivity contribution in [3.8, 4) is 11.1 Å². The molecule has 1 aliphatic carbocycles. The van der Waals surface area contributed by atoms with Gasteiger partial charge in [-0.1, -0.05) is 0 Å². The molecular formula is C25H33N7O. The summed E-state index contributed by atoms with van der Waals surface area (Å²) in [5, 5.41) is 8.25. The number of pyridine rings is 2. The SMILES string of the molecule is CN1CCN(C[C@H]2CC[C@H](C(=O)Nc3cc4cc(-c5cnn(C)c5)cnc4cn3)CC2)CC1. The van der Waals surface area contributed by atoms with Crippen LogP contribution in [0.15, 0.2) is 36.9 Å². The smallest absolute Gasteiger partial charge is 0.228 e. The summed E-state index contributed by atoms with van der Waals surface area (Å²) in [5.74, 6) is 1.48. The summed E-state index contributed by atoms with van der Waals surface area (Å²) in [6, 6.07) is 3.99. The van der Waals surface area contributed by atoms with Crippen LogP contribution in [0.25, 0.3) is 22.0 Å². The lowest BCUT2D eigenvalue weighted by Crippen LogP contribution is -2.46. The molecule has 1 saturated carbocycles. The van der Waals surface area contributed by atoms with Crippen LogP contribution in [-0.4, -0.2) is 75.2 Å². The maximum atomic E-state index is 12.9. The fourth-order valence-electron chi connectivity index (χ4n) is 5.06. The Kier molecular flexibility index (Phi) is 6.37. The number of carbonyl (C=O) groups is 1. The Hall–Kier alpha value is -2.84. The van der Waals surface area contributed by atoms with Crippen molar-refractivity contribution in [1.82, 2.24) is 29.5 Å². The number of hydrogen-bond acceptors (Lipinski definition) is 6. The summed E-state index contributed by atoms with van der Waals surface area (Å²) in [6.45, 7) is 5.84. The number of anilines is 1. The molecule has 1 aliphatic heterocycles. The van der Waals surface area contributed by atoms with Crippen LogP contribution in [0.3, 0.4) is 0 Å². The Bertz CT molecular complexity index is 1110. The molecule has 0 spiro atoms. The monoisotopic (exact) mass is 447 g/mol. The van der Waals surface area contributed by atoms with Gasteiger partial charge in [-0.25, -0.2) is 4.98 Å². The second-order valence-electron chi connectivity index (χ2n) is 9.70. The molecule has 2 fully saturated rings. The molecule has 0 atom stereocenters. The summed E-state index contributed by atoms with van der Waals surface area (Å²) in [5.41, 5.74) is 2.82. The van der Waals surface area contributed by atoms with Gasteiger partial charge in [0.15, 0.2) is 0 Å². The van der Waals surface area contributed by atoms with Crippen LogP contribution >= 0.6 is 0 Å². The molecule has 1 amide bonds. The normalized spacial score (nSPS) is 22.5. The molecule has 1 N–H and O–H groups in total. The Morgan fingerprint density at radius 1 is 0.970 bits per heavy atom. The predicted octanol–water partition coefficient (Wildman–Crippen LogP) is 3.02. The van der Waals surface area contributed by atoms with Crippen molar-refractivity contribution in [2.24, 2.45) is 18.9 Å². The van der Waals surface area contributed by atoms with Gasteiger partial charge in [0.05, 0.1) is 17.9 Å². The van der Waals surface area contributed by atoms with E-state index in [-0.39, 0.29) is 11.8 Å². The number of piperazine rings is 1. The zero-order chi connectivity index (χ0) is 22.8. The maximum absolute atomic E-state index is 12.9. The molecule has 0 radical (unpaired) electrons. The van der Waals surface area contributed by atoms with E-state index in [0.717, 1.165) is 60.8 Å². The van der Waals surface area contributed by atoms with Gasteiger partial charge in [0.2, 0.25) is 5.91 Å². The molecule has 33 heavy (non-hydrogen) atoms. The lowest BCUT2D eigenvalue weighted by molar-refractivity contribution is -0.121. The zero-order valence-electron chi connectivity index (χ0n) is 19.6. The number of aromatic nitrogens is 4. The van der Waals surface area contributed by atoms with E-state index in [1.165, 1.54) is 19.6 Å². The van der Waals surface area contributed by atoms with E-state index in [2.05, 4.69) is 43.3 Å². The molecule has 8 heteroatoms. The summed E-state index contributed by atoms with van der Waals surface area (Å²) < 4.78 is 1.78. The molecule has 0 aromatic carbocycles. The molecule has 0 bridgehead atoms. The Morgan fingerprint density at radius 3 is 2.48 bits per heavy atom. The third kappa shape index (κ3) is 5.23. The zero-order valence-corrected chi connectivity index (χ0v) is 19.6. The van der Waals surface area contributed by atoms with Gasteiger partial charge < -0.3 is 15.1 Å². The molecular weight excluding hydrogens is 414 g/mol. The quantitative estimate of drug-likeness (QED) is 0.648. The molecule has 4 heterocycles. The molecule has 3 aromatic rings. The average molecular weight is 448 g/mol. The number of fused-ring (bicyclic) bond motifs is 1. The molecule has 1 saturated heterocycles. The highest BCUT2D eigenvalue weighted by atomic mass is 16.1. The van der Waals surface area contributed by atoms with Gasteiger partial charge in [-0.2, -0.15) is 5.10 Å². The van der Waals surface area contributed by atoms with Crippen LogP contribution in [0.1, 0.15) is 25.7 Å². The highest BCUT2D eigenvalue weighted by Gasteiger charge is 2.28. The van der Waals surface area contributed by atoms with Crippen LogP contribution in [0.5, 0.6) is 0 Å². The Balaban J connectivity index is 1.18. The van der Waals surface area contributed by atoms with Crippen molar-refractivity contribution in [3.05, 3.63) is 36.9 Å². The van der Waals surface area contributed by atoms with Gasteiger partial charge in [0, 0.05) is 74.6 Å². The highest BCUT2D eigenvalue weighted by Crippen LogP contribution is 2.31. The van der Waals surface area contributed by atoms with E-state index in [1.54, 1.807) is 10.9 Å². The van der Waals surface area contributed by atoms with Gasteiger partial charge in [0.25, 0.3) is 0 Å². The number of likely N-dealkylation sites (N-methyl/N-ethyl adjacent to an activating group) is 1. The van der Waals surface area contributed by atoms with Crippen molar-refractivity contribution in [1.29, 1.82) is 0 Å². The molecule has 2 aliphatic rings. The first-order valence-corrected chi connectivity index (χ1v) is 12.0. The lowest BCUT2D eigenvalue weighted by Gasteiger charge is -2.36. The van der Waals surface area contributed by atoms with Gasteiger partial charge in [-0.05, 0) is 50.8 Å². The largest absolute Gasteiger partial charge is 0.310 e. The Morgan fingerprint density at radius 2 is 1.76 bits per heavy atom. The van der Waals surface area contributed by atoms with Gasteiger partial charge in [-0.15, -0.1) is 0 Å². The number of hydrogen-bond donors (Lipinski definition) is 1. The van der Waals surface area contributed by atoms with Crippen LogP contribution in [-0.2, 0) is 11.8 Å². The van der Waals surface area contributed by atoms with E-state index < -0.39 is 0 Å². The third-order valence-corrected chi connectivity index (χ3v) is 7.19. The minimum Gasteiger partial charge on any atom is -0.310 e. The first-order chi connectivity index (χ1) is 16.0. The summed E-state index contributed by atoms with van der Waals surface area (Å²) in [4.78, 5) is 26.9. The third-order valence-electron chi connectivity index (χ3n) is 7.19. The summed E-state index contributed by atoms with van der Waals surface area (Å²) >= 11 is 0. The Labute approximate surface area is 195 Å². The number of nitrogens with zero attached hydrogens (tertiary/aromatic N) is 6. The van der Waals surface area contributed by atoms with Gasteiger partial charge in [-0.3, -0.25) is 14.5 Å². The second kappa shape index (κ2) is 9.57. The van der Waals surface area contributed by atoms with Crippen LogP contribution in [0.4, 0.5) is 5.82 Å². The van der Waals surface area contributed by atoms with Crippen LogP contribution in [0, 0.1) is 11.8 Å². The number of amides is 1. The van der Waals surface area contributed by atoms with Crippen molar-refractivity contribution in [2.75, 3.05) is 45.1 Å². The van der Waals surface area contributed by atoms with Gasteiger partial charge in [0.1, 0.15) is 5.82 Å². The highest BCUT2D eigenvalue weighted by molar-refractivity contribution is 5.94. The second-order valence-corrected chi connectivity index (χ2v) is 9.70. The number of nitrogens with one attached hydrogen (secondary N) is 1. The van der Waals surface area contributed by atoms with E-state index in [1.807, 2.05) is 31.7 Å². The van der Waals surface area contributed by atoms with E-state index >= 15 is 0 Å². The standard InChI is InChI=1S/C25H33N7O/c1-30-7-9-32(10-8-30)16-18-3-5-19(6-4-18)25(33)29-24-12-20-11-21(13-26-23(20)15-27-24)22-14-28-31(2)17-22/h11-15,17-19H,3-10,16H2,1-2H3,(H,27,29,33)/t18-,19-. The van der Waals surface area contributed by atoms with Crippen molar-refractivity contribution >= 4 is 22.6 Å². The lowest BCUT2D eigenvalue weighted by atomic mass is 9.81. The van der Waals surface area contributed by atoms with Crippen molar-refractivity contribution in [3.63, 3.8) is 0 Å². The van der Waals surface area contributed by atoms with Crippen molar-refractivity contribution in [2.45, 2.75) is 25.7 Å². The van der Waals surface area contributed by atoms with E-state index in [9.17, 15) is 4.79 Å². The average Bonchev–Trinajstić information content (AvgIpc) is 3.27. The molecule has 0 unspecified atom stereocenters. The maximum Gasteiger partial charge on any atom is 0.228 e. The minimum absolute atomic E-state index is 0.0751. The van der Waals surface area contributed by atoms with E-state index in [4.69, 9.17) is 0 Å². The van der Waals surface area contributed by atoms with Crippen molar-refractivity contribution < 1.29 is 4.79 Å². The number of carbonyl (C=O) groups excluding carboxylic acids is 1. The van der Waals surface area contributed by atoms with Crippen LogP contribution in [0.2, 0.25) is 0 Å². The molecule has 174 valence electrons. The fraction of sp³-hybridized carbons (Fsp3) is 0.520. The number of rotatable bonds is 5.